The average molecular weight is 429 g/mol. The van der Waals surface area contributed by atoms with Crippen molar-refractivity contribution in [2.24, 2.45) is 0 Å². The van der Waals surface area contributed by atoms with Gasteiger partial charge in [-0.3, -0.25) is 9.59 Å². The highest BCUT2D eigenvalue weighted by Gasteiger charge is 2.27. The molecule has 0 saturated carbocycles. The van der Waals surface area contributed by atoms with E-state index in [-0.39, 0.29) is 31.0 Å². The second-order valence-corrected chi connectivity index (χ2v) is 7.30. The second-order valence-electron chi connectivity index (χ2n) is 7.30. The monoisotopic (exact) mass is 428 g/mol. The van der Waals surface area contributed by atoms with Gasteiger partial charge in [0.25, 0.3) is 5.91 Å². The van der Waals surface area contributed by atoms with Crippen LogP contribution in [0.15, 0.2) is 48.5 Å². The van der Waals surface area contributed by atoms with Crippen molar-refractivity contribution < 1.29 is 23.8 Å². The molecule has 0 fully saturated rings. The number of nitrogens with zero attached hydrogens (tertiary/aromatic N) is 1. The van der Waals surface area contributed by atoms with Crippen LogP contribution in [0, 0.1) is 0 Å². The highest BCUT2D eigenvalue weighted by Crippen LogP contribution is 2.26. The van der Waals surface area contributed by atoms with Crippen LogP contribution in [0.25, 0.3) is 0 Å². The van der Waals surface area contributed by atoms with Gasteiger partial charge >= 0.3 is 0 Å². The normalized spacial score (nSPS) is 12.4. The average Bonchev–Trinajstić information content (AvgIpc) is 2.80. The van der Waals surface area contributed by atoms with Gasteiger partial charge in [0.2, 0.25) is 5.91 Å². The summed E-state index contributed by atoms with van der Waals surface area (Å²) in [5.41, 5.74) is 0.884. The molecule has 0 radical (unpaired) electrons. The van der Waals surface area contributed by atoms with E-state index < -0.39 is 6.04 Å². The number of rotatable bonds is 11. The quantitative estimate of drug-likeness (QED) is 0.594. The van der Waals surface area contributed by atoms with E-state index >= 15 is 0 Å². The summed E-state index contributed by atoms with van der Waals surface area (Å²) < 4.78 is 16.2. The number of hydrogen-bond acceptors (Lipinski definition) is 5. The van der Waals surface area contributed by atoms with Crippen LogP contribution in [0.1, 0.15) is 32.8 Å². The minimum Gasteiger partial charge on any atom is -0.497 e. The first-order valence-corrected chi connectivity index (χ1v) is 10.4. The zero-order valence-corrected chi connectivity index (χ0v) is 18.9. The summed E-state index contributed by atoms with van der Waals surface area (Å²) in [6.07, 6.45) is 0.807. The molecule has 2 aromatic rings. The van der Waals surface area contributed by atoms with Crippen LogP contribution in [0.5, 0.6) is 17.2 Å². The van der Waals surface area contributed by atoms with Gasteiger partial charge in [0, 0.05) is 12.6 Å². The van der Waals surface area contributed by atoms with E-state index in [1.807, 2.05) is 44.2 Å². The number of hydrogen-bond donors (Lipinski definition) is 1. The van der Waals surface area contributed by atoms with Crippen molar-refractivity contribution >= 4 is 11.8 Å². The topological polar surface area (TPSA) is 77.1 Å². The van der Waals surface area contributed by atoms with Crippen molar-refractivity contribution in [1.29, 1.82) is 0 Å². The van der Waals surface area contributed by atoms with E-state index in [4.69, 9.17) is 14.2 Å². The van der Waals surface area contributed by atoms with Gasteiger partial charge in [0.15, 0.2) is 18.1 Å². The number of carbonyl (C=O) groups excluding carboxylic acids is 2. The largest absolute Gasteiger partial charge is 0.497 e. The van der Waals surface area contributed by atoms with Crippen molar-refractivity contribution in [2.45, 2.75) is 45.8 Å². The SMILES string of the molecule is CC[C@@H](C)NC(=O)[C@H](C)N(Cc1ccc(OC)cc1)C(=O)COc1ccccc1OC. The van der Waals surface area contributed by atoms with Crippen LogP contribution in [0.4, 0.5) is 0 Å². The summed E-state index contributed by atoms with van der Waals surface area (Å²) in [6.45, 7) is 5.72. The smallest absolute Gasteiger partial charge is 0.261 e. The lowest BCUT2D eigenvalue weighted by Gasteiger charge is -2.29. The second kappa shape index (κ2) is 11.8. The van der Waals surface area contributed by atoms with Crippen LogP contribution < -0.4 is 19.5 Å². The molecule has 2 atom stereocenters. The van der Waals surface area contributed by atoms with Crippen molar-refractivity contribution in [3.05, 3.63) is 54.1 Å². The van der Waals surface area contributed by atoms with Crippen LogP contribution in [-0.2, 0) is 16.1 Å². The minimum atomic E-state index is -0.662. The summed E-state index contributed by atoms with van der Waals surface area (Å²) in [7, 11) is 3.14. The molecule has 0 aliphatic rings. The molecule has 0 aromatic heterocycles. The summed E-state index contributed by atoms with van der Waals surface area (Å²) in [5.74, 6) is 1.24. The van der Waals surface area contributed by atoms with Crippen LogP contribution in [0.2, 0.25) is 0 Å². The minimum absolute atomic E-state index is 0.0257. The molecule has 7 heteroatoms. The van der Waals surface area contributed by atoms with Gasteiger partial charge < -0.3 is 24.4 Å². The Morgan fingerprint density at radius 2 is 1.61 bits per heavy atom. The number of amides is 2. The number of nitrogens with one attached hydrogen (secondary N) is 1. The molecule has 0 heterocycles. The maximum absolute atomic E-state index is 13.1. The maximum Gasteiger partial charge on any atom is 0.261 e. The molecule has 0 unspecified atom stereocenters. The van der Waals surface area contributed by atoms with Gasteiger partial charge in [-0.15, -0.1) is 0 Å². The van der Waals surface area contributed by atoms with E-state index in [9.17, 15) is 9.59 Å². The third-order valence-electron chi connectivity index (χ3n) is 5.10. The molecule has 7 nitrogen and oxygen atoms in total. The van der Waals surface area contributed by atoms with Gasteiger partial charge in [-0.25, -0.2) is 0 Å². The summed E-state index contributed by atoms with van der Waals surface area (Å²) in [4.78, 5) is 27.4. The molecule has 0 saturated heterocycles. The molecule has 2 aromatic carbocycles. The standard InChI is InChI=1S/C24H32N2O5/c1-6-17(2)25-24(28)18(3)26(15-19-11-13-20(29-4)14-12-19)23(27)16-31-22-10-8-7-9-21(22)30-5/h7-14,17-18H,6,15-16H2,1-5H3,(H,25,28)/t17-,18+/m1/s1. The van der Waals surface area contributed by atoms with Gasteiger partial charge in [0.1, 0.15) is 11.8 Å². The van der Waals surface area contributed by atoms with Crippen molar-refractivity contribution in [3.8, 4) is 17.2 Å². The molecular formula is C24H32N2O5. The molecule has 168 valence electrons. The van der Waals surface area contributed by atoms with Gasteiger partial charge in [-0.1, -0.05) is 31.2 Å². The van der Waals surface area contributed by atoms with Crippen LogP contribution >= 0.6 is 0 Å². The first-order valence-electron chi connectivity index (χ1n) is 10.4. The first-order chi connectivity index (χ1) is 14.9. The lowest BCUT2D eigenvalue weighted by Crippen LogP contribution is -2.50. The summed E-state index contributed by atoms with van der Waals surface area (Å²) in [5, 5.41) is 2.95. The third kappa shape index (κ3) is 6.91. The lowest BCUT2D eigenvalue weighted by molar-refractivity contribution is -0.142. The highest BCUT2D eigenvalue weighted by molar-refractivity contribution is 5.88. The lowest BCUT2D eigenvalue weighted by atomic mass is 10.1. The zero-order chi connectivity index (χ0) is 22.8. The van der Waals surface area contributed by atoms with Crippen molar-refractivity contribution in [2.75, 3.05) is 20.8 Å². The first kappa shape index (κ1) is 24.1. The Hall–Kier alpha value is -3.22. The molecule has 1 N–H and O–H groups in total. The van der Waals surface area contributed by atoms with E-state index in [0.717, 1.165) is 17.7 Å². The van der Waals surface area contributed by atoms with E-state index in [0.29, 0.717) is 11.5 Å². The number of methoxy groups -OCH3 is 2. The maximum atomic E-state index is 13.1. The Labute approximate surface area is 184 Å². The van der Waals surface area contributed by atoms with E-state index in [2.05, 4.69) is 5.32 Å². The van der Waals surface area contributed by atoms with Gasteiger partial charge in [0.05, 0.1) is 14.2 Å². The Morgan fingerprint density at radius 3 is 2.19 bits per heavy atom. The molecule has 31 heavy (non-hydrogen) atoms. The van der Waals surface area contributed by atoms with Crippen LogP contribution in [0.3, 0.4) is 0 Å². The van der Waals surface area contributed by atoms with Crippen molar-refractivity contribution in [1.82, 2.24) is 10.2 Å². The Balaban J connectivity index is 2.18. The van der Waals surface area contributed by atoms with Crippen LogP contribution in [-0.4, -0.2) is 49.6 Å². The van der Waals surface area contributed by atoms with Gasteiger partial charge in [-0.05, 0) is 50.1 Å². The molecule has 0 spiro atoms. The number of para-hydroxylation sites is 2. The van der Waals surface area contributed by atoms with Gasteiger partial charge in [-0.2, -0.15) is 0 Å². The molecular weight excluding hydrogens is 396 g/mol. The zero-order valence-electron chi connectivity index (χ0n) is 18.9. The summed E-state index contributed by atoms with van der Waals surface area (Å²) in [6, 6.07) is 13.9. The summed E-state index contributed by atoms with van der Waals surface area (Å²) >= 11 is 0. The molecule has 0 aliphatic carbocycles. The Kier molecular flexibility index (Phi) is 9.18. The fourth-order valence-electron chi connectivity index (χ4n) is 2.94. The molecule has 0 aliphatic heterocycles. The Morgan fingerprint density at radius 1 is 0.968 bits per heavy atom. The molecule has 0 bridgehead atoms. The number of benzene rings is 2. The fourth-order valence-corrected chi connectivity index (χ4v) is 2.94. The number of carbonyl (C=O) groups is 2. The fraction of sp³-hybridized carbons (Fsp3) is 0.417. The molecule has 2 amide bonds. The number of ether oxygens (including phenoxy) is 3. The predicted octanol–water partition coefficient (Wildman–Crippen LogP) is 3.41. The molecule has 2 rings (SSSR count). The van der Waals surface area contributed by atoms with Crippen molar-refractivity contribution in [3.63, 3.8) is 0 Å². The highest BCUT2D eigenvalue weighted by atomic mass is 16.5. The Bertz CT molecular complexity index is 853. The third-order valence-corrected chi connectivity index (χ3v) is 5.10. The van der Waals surface area contributed by atoms with E-state index in [1.54, 1.807) is 39.3 Å². The predicted molar refractivity (Wildman–Crippen MR) is 119 cm³/mol. The van der Waals surface area contributed by atoms with E-state index in [1.165, 1.54) is 4.90 Å².